The lowest BCUT2D eigenvalue weighted by atomic mass is 10.2. The molecular weight excluding hydrogens is 353 g/mol. The summed E-state index contributed by atoms with van der Waals surface area (Å²) >= 11 is 14.6. The van der Waals surface area contributed by atoms with E-state index in [1.54, 1.807) is 18.2 Å². The monoisotopic (exact) mass is 367 g/mol. The zero-order chi connectivity index (χ0) is 15.8. The van der Waals surface area contributed by atoms with Gasteiger partial charge in [-0.2, -0.15) is 11.8 Å². The molecule has 0 heterocycles. The standard InChI is InChI=1S/C13H15Cl2NO3S2/c1-20-5-4-10(13(18)19)16-12(17)7-21-11-6-8(14)2-3-9(11)15/h2-3,6,10H,4-5,7H2,1H3,(H,16,17)(H,18,19)/t10-/m1/s1. The predicted molar refractivity (Wildman–Crippen MR) is 89.8 cm³/mol. The number of hydrogen-bond donors (Lipinski definition) is 2. The van der Waals surface area contributed by atoms with Crippen LogP contribution in [-0.2, 0) is 9.59 Å². The molecule has 0 aliphatic heterocycles. The number of hydrogen-bond acceptors (Lipinski definition) is 4. The third-order valence-electron chi connectivity index (χ3n) is 2.50. The Balaban J connectivity index is 2.52. The van der Waals surface area contributed by atoms with E-state index in [9.17, 15) is 9.59 Å². The highest BCUT2D eigenvalue weighted by atomic mass is 35.5. The third-order valence-corrected chi connectivity index (χ3v) is 4.87. The van der Waals surface area contributed by atoms with Crippen LogP contribution >= 0.6 is 46.7 Å². The Labute approximate surface area is 142 Å². The maximum atomic E-state index is 11.8. The van der Waals surface area contributed by atoms with Crippen molar-refractivity contribution in [2.75, 3.05) is 17.8 Å². The first kappa shape index (κ1) is 18.5. The van der Waals surface area contributed by atoms with Crippen LogP contribution in [-0.4, -0.2) is 40.8 Å². The maximum absolute atomic E-state index is 11.8. The zero-order valence-corrected chi connectivity index (χ0v) is 14.4. The molecular formula is C13H15Cl2NO3S2. The van der Waals surface area contributed by atoms with E-state index in [4.69, 9.17) is 28.3 Å². The van der Waals surface area contributed by atoms with Crippen LogP contribution in [0.4, 0.5) is 0 Å². The Kier molecular flexibility index (Phi) is 8.33. The maximum Gasteiger partial charge on any atom is 0.326 e. The second-order valence-corrected chi connectivity index (χ2v) is 6.95. The Morgan fingerprint density at radius 3 is 2.71 bits per heavy atom. The van der Waals surface area contributed by atoms with Crippen LogP contribution in [0.15, 0.2) is 23.1 Å². The fourth-order valence-electron chi connectivity index (χ4n) is 1.46. The van der Waals surface area contributed by atoms with Crippen LogP contribution in [0, 0.1) is 0 Å². The van der Waals surface area contributed by atoms with Crippen LogP contribution in [0.5, 0.6) is 0 Å². The fraction of sp³-hybridized carbons (Fsp3) is 0.385. The summed E-state index contributed by atoms with van der Waals surface area (Å²) in [5, 5.41) is 12.6. The average Bonchev–Trinajstić information content (AvgIpc) is 2.44. The molecule has 1 atom stereocenters. The Morgan fingerprint density at radius 2 is 2.10 bits per heavy atom. The van der Waals surface area contributed by atoms with Gasteiger partial charge in [0.25, 0.3) is 0 Å². The number of thioether (sulfide) groups is 2. The van der Waals surface area contributed by atoms with Crippen LogP contribution in [0.2, 0.25) is 10.0 Å². The molecule has 0 aliphatic carbocycles. The van der Waals surface area contributed by atoms with E-state index < -0.39 is 12.0 Å². The molecule has 21 heavy (non-hydrogen) atoms. The number of carboxylic acids is 1. The van der Waals surface area contributed by atoms with E-state index in [0.717, 1.165) is 0 Å². The smallest absolute Gasteiger partial charge is 0.326 e. The van der Waals surface area contributed by atoms with Crippen LogP contribution in [0.3, 0.4) is 0 Å². The van der Waals surface area contributed by atoms with Crippen molar-refractivity contribution >= 4 is 58.6 Å². The summed E-state index contributed by atoms with van der Waals surface area (Å²) in [5.74, 6) is -0.610. The quantitative estimate of drug-likeness (QED) is 0.689. The van der Waals surface area contributed by atoms with Crippen molar-refractivity contribution in [3.63, 3.8) is 0 Å². The highest BCUT2D eigenvalue weighted by molar-refractivity contribution is 8.00. The molecule has 0 unspecified atom stereocenters. The molecule has 1 rings (SSSR count). The summed E-state index contributed by atoms with van der Waals surface area (Å²) in [6.45, 7) is 0. The van der Waals surface area contributed by atoms with Crippen molar-refractivity contribution in [2.45, 2.75) is 17.4 Å². The van der Waals surface area contributed by atoms with Crippen molar-refractivity contribution in [2.24, 2.45) is 0 Å². The van der Waals surface area contributed by atoms with Gasteiger partial charge in [0.05, 0.1) is 10.8 Å². The molecule has 0 saturated carbocycles. The summed E-state index contributed by atoms with van der Waals surface area (Å²) < 4.78 is 0. The van der Waals surface area contributed by atoms with Gasteiger partial charge in [-0.1, -0.05) is 23.2 Å². The molecule has 0 radical (unpaired) electrons. The van der Waals surface area contributed by atoms with Gasteiger partial charge < -0.3 is 10.4 Å². The molecule has 0 fully saturated rings. The Morgan fingerprint density at radius 1 is 1.38 bits per heavy atom. The second kappa shape index (κ2) is 9.46. The normalized spacial score (nSPS) is 12.0. The number of carbonyl (C=O) groups excluding carboxylic acids is 1. The molecule has 8 heteroatoms. The Hall–Kier alpha value is -0.560. The van der Waals surface area contributed by atoms with Crippen LogP contribution in [0.25, 0.3) is 0 Å². The first-order valence-corrected chi connectivity index (χ1v) is 9.16. The summed E-state index contributed by atoms with van der Waals surface area (Å²) in [5.41, 5.74) is 0. The van der Waals surface area contributed by atoms with Gasteiger partial charge in [0.2, 0.25) is 5.91 Å². The number of rotatable bonds is 8. The lowest BCUT2D eigenvalue weighted by molar-refractivity contribution is -0.141. The zero-order valence-electron chi connectivity index (χ0n) is 11.3. The number of benzene rings is 1. The van der Waals surface area contributed by atoms with Gasteiger partial charge >= 0.3 is 5.97 Å². The van der Waals surface area contributed by atoms with Gasteiger partial charge in [-0.3, -0.25) is 4.79 Å². The van der Waals surface area contributed by atoms with Gasteiger partial charge in [-0.25, -0.2) is 4.79 Å². The predicted octanol–water partition coefficient (Wildman–Crippen LogP) is 3.41. The number of aliphatic carboxylic acids is 1. The van der Waals surface area contributed by atoms with E-state index in [1.807, 2.05) is 6.26 Å². The second-order valence-electron chi connectivity index (χ2n) is 4.10. The molecule has 0 saturated heterocycles. The molecule has 1 amide bonds. The topological polar surface area (TPSA) is 66.4 Å². The molecule has 4 nitrogen and oxygen atoms in total. The van der Waals surface area contributed by atoms with Crippen molar-refractivity contribution in [3.8, 4) is 0 Å². The minimum absolute atomic E-state index is 0.0864. The number of carboxylic acid groups (broad SMARTS) is 1. The lowest BCUT2D eigenvalue weighted by Gasteiger charge is -2.14. The lowest BCUT2D eigenvalue weighted by Crippen LogP contribution is -2.42. The molecule has 0 aromatic heterocycles. The van der Waals surface area contributed by atoms with Gasteiger partial charge in [0, 0.05) is 9.92 Å². The Bertz CT molecular complexity index is 514. The molecule has 0 bridgehead atoms. The van der Waals surface area contributed by atoms with Crippen LogP contribution < -0.4 is 5.32 Å². The molecule has 0 aliphatic rings. The first-order chi connectivity index (χ1) is 9.93. The highest BCUT2D eigenvalue weighted by Crippen LogP contribution is 2.29. The SMILES string of the molecule is CSCC[C@@H](NC(=O)CSc1cc(Cl)ccc1Cl)C(=O)O. The van der Waals surface area contributed by atoms with E-state index in [-0.39, 0.29) is 11.7 Å². The van der Waals surface area contributed by atoms with Gasteiger partial charge in [0.15, 0.2) is 0 Å². The molecule has 2 N–H and O–H groups in total. The van der Waals surface area contributed by atoms with Crippen molar-refractivity contribution < 1.29 is 14.7 Å². The summed E-state index contributed by atoms with van der Waals surface area (Å²) in [6.07, 6.45) is 2.28. The van der Waals surface area contributed by atoms with Gasteiger partial charge in [-0.15, -0.1) is 11.8 Å². The summed E-state index contributed by atoms with van der Waals surface area (Å²) in [6, 6.07) is 4.13. The molecule has 0 spiro atoms. The van der Waals surface area contributed by atoms with Crippen molar-refractivity contribution in [1.29, 1.82) is 0 Å². The van der Waals surface area contributed by atoms with Gasteiger partial charge in [-0.05, 0) is 36.6 Å². The minimum atomic E-state index is -1.02. The van der Waals surface area contributed by atoms with Crippen molar-refractivity contribution in [3.05, 3.63) is 28.2 Å². The number of amides is 1. The van der Waals surface area contributed by atoms with E-state index in [2.05, 4.69) is 5.32 Å². The van der Waals surface area contributed by atoms with Gasteiger partial charge in [0.1, 0.15) is 6.04 Å². The summed E-state index contributed by atoms with van der Waals surface area (Å²) in [7, 11) is 0. The van der Waals surface area contributed by atoms with Crippen LogP contribution in [0.1, 0.15) is 6.42 Å². The number of nitrogens with one attached hydrogen (secondary N) is 1. The number of carbonyl (C=O) groups is 2. The van der Waals surface area contributed by atoms with E-state index >= 15 is 0 Å². The molecule has 1 aromatic carbocycles. The average molecular weight is 368 g/mol. The first-order valence-electron chi connectivity index (χ1n) is 6.03. The summed E-state index contributed by atoms with van der Waals surface area (Å²) in [4.78, 5) is 23.5. The number of halogens is 2. The molecule has 1 aromatic rings. The highest BCUT2D eigenvalue weighted by Gasteiger charge is 2.19. The fourth-order valence-corrected chi connectivity index (χ4v) is 3.24. The van der Waals surface area contributed by atoms with Crippen molar-refractivity contribution in [1.82, 2.24) is 5.32 Å². The van der Waals surface area contributed by atoms with E-state index in [1.165, 1.54) is 23.5 Å². The largest absolute Gasteiger partial charge is 0.480 e. The minimum Gasteiger partial charge on any atom is -0.480 e. The molecule has 116 valence electrons. The third kappa shape index (κ3) is 6.82. The van der Waals surface area contributed by atoms with E-state index in [0.29, 0.717) is 27.1 Å².